The third-order valence-corrected chi connectivity index (χ3v) is 4.00. The summed E-state index contributed by atoms with van der Waals surface area (Å²) in [5.74, 6) is 0.582. The second-order valence-electron chi connectivity index (χ2n) is 6.45. The molecule has 7 nitrogen and oxygen atoms in total. The van der Waals surface area contributed by atoms with Gasteiger partial charge in [-0.25, -0.2) is 0 Å². The zero-order valence-electron chi connectivity index (χ0n) is 15.9. The lowest BCUT2D eigenvalue weighted by molar-refractivity contribution is -0.176. The average molecular weight is 420 g/mol. The Morgan fingerprint density at radius 2 is 1.90 bits per heavy atom. The van der Waals surface area contributed by atoms with Crippen molar-refractivity contribution in [2.45, 2.75) is 32.2 Å². The molecule has 1 N–H and O–H groups in total. The van der Waals surface area contributed by atoms with Crippen molar-refractivity contribution in [1.82, 2.24) is 20.4 Å². The molecule has 3 aromatic rings. The Hall–Kier alpha value is -3.27. The van der Waals surface area contributed by atoms with Gasteiger partial charge in [0.25, 0.3) is 0 Å². The molecule has 0 unspecified atom stereocenters. The molecule has 3 rings (SSSR count). The fraction of sp³-hybridized carbons (Fsp3) is 0.300. The fourth-order valence-corrected chi connectivity index (χ4v) is 2.52. The summed E-state index contributed by atoms with van der Waals surface area (Å²) in [7, 11) is 0. The minimum atomic E-state index is -4.34. The first-order valence-corrected chi connectivity index (χ1v) is 9.11. The molecule has 10 heteroatoms. The van der Waals surface area contributed by atoms with Crippen LogP contribution in [0.25, 0.3) is 11.4 Å². The predicted molar refractivity (Wildman–Crippen MR) is 99.8 cm³/mol. The van der Waals surface area contributed by atoms with Gasteiger partial charge in [-0.3, -0.25) is 9.78 Å². The van der Waals surface area contributed by atoms with E-state index in [1.807, 2.05) is 6.07 Å². The zero-order valence-corrected chi connectivity index (χ0v) is 15.9. The minimum absolute atomic E-state index is 0.128. The maximum absolute atomic E-state index is 12.1. The number of nitrogens with one attached hydrogen (secondary N) is 1. The lowest BCUT2D eigenvalue weighted by Crippen LogP contribution is -2.23. The molecule has 2 aromatic heterocycles. The Bertz CT molecular complexity index is 944. The van der Waals surface area contributed by atoms with Crippen LogP contribution in [-0.4, -0.2) is 33.8 Å². The van der Waals surface area contributed by atoms with Crippen LogP contribution in [0, 0.1) is 0 Å². The molecular formula is C20H19F3N4O3. The number of benzene rings is 1. The Labute approximate surface area is 170 Å². The van der Waals surface area contributed by atoms with E-state index in [2.05, 4.69) is 25.2 Å². The average Bonchev–Trinajstić information content (AvgIpc) is 3.20. The Kier molecular flexibility index (Phi) is 7.12. The quantitative estimate of drug-likeness (QED) is 0.570. The van der Waals surface area contributed by atoms with Crippen molar-refractivity contribution in [2.24, 2.45) is 0 Å². The molecule has 0 bridgehead atoms. The van der Waals surface area contributed by atoms with Gasteiger partial charge < -0.3 is 14.6 Å². The number of carbonyl (C=O) groups is 1. The van der Waals surface area contributed by atoms with E-state index in [1.54, 1.807) is 42.7 Å². The van der Waals surface area contributed by atoms with E-state index in [4.69, 9.17) is 4.52 Å². The second kappa shape index (κ2) is 9.97. The van der Waals surface area contributed by atoms with Crippen LogP contribution in [0.2, 0.25) is 0 Å². The molecule has 0 saturated heterocycles. The van der Waals surface area contributed by atoms with Crippen molar-refractivity contribution in [1.29, 1.82) is 0 Å². The van der Waals surface area contributed by atoms with Gasteiger partial charge in [0.2, 0.25) is 17.6 Å². The molecule has 0 aliphatic carbocycles. The summed E-state index contributed by atoms with van der Waals surface area (Å²) in [6, 6.07) is 10.4. The van der Waals surface area contributed by atoms with Crippen LogP contribution >= 0.6 is 0 Å². The Balaban J connectivity index is 1.39. The lowest BCUT2D eigenvalue weighted by atomic mass is 10.1. The van der Waals surface area contributed by atoms with Gasteiger partial charge in [0.05, 0.1) is 6.61 Å². The van der Waals surface area contributed by atoms with Crippen LogP contribution < -0.4 is 5.32 Å². The molecular weight excluding hydrogens is 401 g/mol. The number of aromatic nitrogens is 3. The fourth-order valence-electron chi connectivity index (χ4n) is 2.52. The van der Waals surface area contributed by atoms with Crippen molar-refractivity contribution in [3.05, 3.63) is 65.8 Å². The van der Waals surface area contributed by atoms with Gasteiger partial charge >= 0.3 is 6.18 Å². The first kappa shape index (κ1) is 21.4. The molecule has 0 spiro atoms. The molecule has 0 atom stereocenters. The van der Waals surface area contributed by atoms with Crippen LogP contribution in [0.5, 0.6) is 0 Å². The van der Waals surface area contributed by atoms with Crippen molar-refractivity contribution >= 4 is 5.91 Å². The third kappa shape index (κ3) is 6.96. The van der Waals surface area contributed by atoms with E-state index in [0.717, 1.165) is 11.1 Å². The molecule has 0 fully saturated rings. The summed E-state index contributed by atoms with van der Waals surface area (Å²) in [6.07, 6.45) is -0.600. The monoisotopic (exact) mass is 420 g/mol. The number of rotatable bonds is 9. The maximum atomic E-state index is 12.1. The summed E-state index contributed by atoms with van der Waals surface area (Å²) < 4.78 is 46.0. The van der Waals surface area contributed by atoms with Crippen molar-refractivity contribution in [3.63, 3.8) is 0 Å². The van der Waals surface area contributed by atoms with Gasteiger partial charge in [-0.2, -0.15) is 18.2 Å². The molecule has 2 heterocycles. The van der Waals surface area contributed by atoms with Gasteiger partial charge in [-0.15, -0.1) is 0 Å². The van der Waals surface area contributed by atoms with E-state index in [9.17, 15) is 18.0 Å². The van der Waals surface area contributed by atoms with Gasteiger partial charge in [0.1, 0.15) is 6.61 Å². The van der Waals surface area contributed by atoms with E-state index < -0.39 is 12.8 Å². The number of carbonyl (C=O) groups excluding carboxylic acids is 1. The van der Waals surface area contributed by atoms with Crippen LogP contribution in [-0.2, 0) is 29.1 Å². The number of alkyl halides is 3. The topological polar surface area (TPSA) is 90.1 Å². The van der Waals surface area contributed by atoms with E-state index in [-0.39, 0.29) is 18.9 Å². The van der Waals surface area contributed by atoms with Crippen LogP contribution in [0.15, 0.2) is 53.3 Å². The number of aryl methyl sites for hydroxylation is 1. The second-order valence-corrected chi connectivity index (χ2v) is 6.45. The number of hydrogen-bond donors (Lipinski definition) is 1. The number of halogens is 3. The highest BCUT2D eigenvalue weighted by Gasteiger charge is 2.27. The number of ether oxygens (including phenoxy) is 1. The van der Waals surface area contributed by atoms with Crippen molar-refractivity contribution in [2.75, 3.05) is 6.61 Å². The van der Waals surface area contributed by atoms with Gasteiger partial charge in [0.15, 0.2) is 0 Å². The summed E-state index contributed by atoms with van der Waals surface area (Å²) in [4.78, 5) is 20.3. The van der Waals surface area contributed by atoms with Gasteiger partial charge in [0, 0.05) is 37.3 Å². The molecule has 0 saturated carbocycles. The summed E-state index contributed by atoms with van der Waals surface area (Å²) in [6.45, 7) is -1.11. The first-order valence-electron chi connectivity index (χ1n) is 9.11. The summed E-state index contributed by atoms with van der Waals surface area (Å²) >= 11 is 0. The highest BCUT2D eigenvalue weighted by atomic mass is 19.4. The van der Waals surface area contributed by atoms with Gasteiger partial charge in [-0.1, -0.05) is 29.4 Å². The molecule has 0 radical (unpaired) electrons. The molecule has 30 heavy (non-hydrogen) atoms. The normalized spacial score (nSPS) is 11.4. The zero-order chi connectivity index (χ0) is 21.4. The van der Waals surface area contributed by atoms with Gasteiger partial charge in [-0.05, 0) is 23.3 Å². The molecule has 1 aromatic carbocycles. The molecule has 158 valence electrons. The standard InChI is InChI=1S/C20H19F3N4O3/c21-20(22,23)13-29-12-15-5-3-14(4-6-15)10-25-17(28)7-8-18-26-19(27-30-18)16-2-1-9-24-11-16/h1-6,9,11H,7-8,10,12-13H2,(H,25,28). The number of amides is 1. The number of nitrogens with zero attached hydrogens (tertiary/aromatic N) is 3. The third-order valence-electron chi connectivity index (χ3n) is 4.00. The summed E-state index contributed by atoms with van der Waals surface area (Å²) in [5.41, 5.74) is 2.17. The highest BCUT2D eigenvalue weighted by molar-refractivity contribution is 5.76. The molecule has 0 aliphatic heterocycles. The van der Waals surface area contributed by atoms with E-state index >= 15 is 0 Å². The van der Waals surface area contributed by atoms with Crippen LogP contribution in [0.4, 0.5) is 13.2 Å². The van der Waals surface area contributed by atoms with E-state index in [0.29, 0.717) is 30.2 Å². The maximum Gasteiger partial charge on any atom is 0.411 e. The largest absolute Gasteiger partial charge is 0.411 e. The smallest absolute Gasteiger partial charge is 0.367 e. The minimum Gasteiger partial charge on any atom is -0.367 e. The number of pyridine rings is 1. The predicted octanol–water partition coefficient (Wildman–Crippen LogP) is 3.46. The van der Waals surface area contributed by atoms with Crippen molar-refractivity contribution in [3.8, 4) is 11.4 Å². The lowest BCUT2D eigenvalue weighted by Gasteiger charge is -2.08. The SMILES string of the molecule is O=C(CCc1nc(-c2cccnc2)no1)NCc1ccc(COCC(F)(F)F)cc1. The Morgan fingerprint density at radius 1 is 1.13 bits per heavy atom. The highest BCUT2D eigenvalue weighted by Crippen LogP contribution is 2.16. The molecule has 0 aliphatic rings. The Morgan fingerprint density at radius 3 is 2.60 bits per heavy atom. The molecule has 1 amide bonds. The summed E-state index contributed by atoms with van der Waals surface area (Å²) in [5, 5.41) is 6.64. The van der Waals surface area contributed by atoms with Crippen LogP contribution in [0.3, 0.4) is 0 Å². The van der Waals surface area contributed by atoms with Crippen LogP contribution in [0.1, 0.15) is 23.4 Å². The van der Waals surface area contributed by atoms with Crippen molar-refractivity contribution < 1.29 is 27.2 Å². The van der Waals surface area contributed by atoms with E-state index in [1.165, 1.54) is 0 Å². The number of hydrogen-bond acceptors (Lipinski definition) is 6. The first-order chi connectivity index (χ1) is 14.4.